The Kier molecular flexibility index (Phi) is 5.61. The van der Waals surface area contributed by atoms with Gasteiger partial charge in [-0.2, -0.15) is 0 Å². The third-order valence-corrected chi connectivity index (χ3v) is 5.00. The summed E-state index contributed by atoms with van der Waals surface area (Å²) in [6, 6.07) is 6.30. The lowest BCUT2D eigenvalue weighted by Gasteiger charge is -2.30. The van der Waals surface area contributed by atoms with Crippen molar-refractivity contribution >= 4 is 21.8 Å². The minimum atomic E-state index is 0.121. The van der Waals surface area contributed by atoms with Crippen LogP contribution in [0.25, 0.3) is 0 Å². The van der Waals surface area contributed by atoms with E-state index >= 15 is 0 Å². The molecule has 0 radical (unpaired) electrons. The second-order valence-electron chi connectivity index (χ2n) is 5.43. The van der Waals surface area contributed by atoms with Crippen LogP contribution in [-0.2, 0) is 0 Å². The number of carbonyl (C=O) groups excluding carboxylic acids is 1. The molecule has 1 saturated heterocycles. The molecule has 1 heterocycles. The first-order chi connectivity index (χ1) is 9.63. The molecule has 1 aliphatic rings. The number of benzene rings is 1. The van der Waals surface area contributed by atoms with Gasteiger partial charge in [-0.1, -0.05) is 18.6 Å². The summed E-state index contributed by atoms with van der Waals surface area (Å²) in [5, 5.41) is 3.51. The van der Waals surface area contributed by atoms with Gasteiger partial charge in [0.15, 0.2) is 0 Å². The summed E-state index contributed by atoms with van der Waals surface area (Å²) in [6.07, 6.45) is 3.68. The number of amides is 1. The molecule has 2 rings (SSSR count). The van der Waals surface area contributed by atoms with Crippen LogP contribution in [0.4, 0.5) is 0 Å². The molecule has 1 aliphatic heterocycles. The maximum atomic E-state index is 12.7. The lowest BCUT2D eigenvalue weighted by atomic mass is 10.0. The molecule has 1 fully saturated rings. The predicted molar refractivity (Wildman–Crippen MR) is 86.1 cm³/mol. The van der Waals surface area contributed by atoms with Crippen LogP contribution in [0.1, 0.15) is 42.1 Å². The van der Waals surface area contributed by atoms with Gasteiger partial charge in [-0.15, -0.1) is 0 Å². The number of piperidine rings is 1. The van der Waals surface area contributed by atoms with Crippen LogP contribution < -0.4 is 5.32 Å². The summed E-state index contributed by atoms with van der Waals surface area (Å²) < 4.78 is 0.917. The Morgan fingerprint density at radius 2 is 2.25 bits per heavy atom. The summed E-state index contributed by atoms with van der Waals surface area (Å²) in [4.78, 5) is 14.6. The monoisotopic (exact) mass is 338 g/mol. The standard InChI is InChI=1S/C16H23BrN2O/c1-3-19(11-13-8-4-5-10-18-13)16(20)14-9-6-7-12(2)15(14)17/h6-7,9,13,18H,3-5,8,10-11H2,1-2H3. The molecule has 0 aromatic heterocycles. The average molecular weight is 339 g/mol. The van der Waals surface area contributed by atoms with E-state index < -0.39 is 0 Å². The molecule has 1 aromatic carbocycles. The third kappa shape index (κ3) is 3.61. The number of nitrogens with zero attached hydrogens (tertiary/aromatic N) is 1. The van der Waals surface area contributed by atoms with Gasteiger partial charge >= 0.3 is 0 Å². The number of carbonyl (C=O) groups is 1. The van der Waals surface area contributed by atoms with Crippen LogP contribution in [0.15, 0.2) is 22.7 Å². The van der Waals surface area contributed by atoms with Crippen LogP contribution >= 0.6 is 15.9 Å². The molecule has 1 aromatic rings. The average Bonchev–Trinajstić information content (AvgIpc) is 2.48. The van der Waals surface area contributed by atoms with Crippen LogP contribution in [0.5, 0.6) is 0 Å². The van der Waals surface area contributed by atoms with E-state index in [1.54, 1.807) is 0 Å². The van der Waals surface area contributed by atoms with Crippen molar-refractivity contribution in [1.82, 2.24) is 10.2 Å². The molecule has 1 atom stereocenters. The van der Waals surface area contributed by atoms with Crippen molar-refractivity contribution in [3.63, 3.8) is 0 Å². The van der Waals surface area contributed by atoms with Gasteiger partial charge in [-0.25, -0.2) is 0 Å². The fourth-order valence-electron chi connectivity index (χ4n) is 2.68. The third-order valence-electron chi connectivity index (χ3n) is 3.94. The van der Waals surface area contributed by atoms with Gasteiger partial charge < -0.3 is 10.2 Å². The summed E-state index contributed by atoms with van der Waals surface area (Å²) >= 11 is 3.54. The van der Waals surface area contributed by atoms with E-state index in [9.17, 15) is 4.79 Å². The first-order valence-corrected chi connectivity index (χ1v) is 8.20. The number of aryl methyl sites for hydroxylation is 1. The summed E-state index contributed by atoms with van der Waals surface area (Å²) in [7, 11) is 0. The van der Waals surface area contributed by atoms with Crippen LogP contribution in [0.2, 0.25) is 0 Å². The number of likely N-dealkylation sites (N-methyl/N-ethyl adjacent to an activating group) is 1. The second kappa shape index (κ2) is 7.23. The minimum Gasteiger partial charge on any atom is -0.337 e. The van der Waals surface area contributed by atoms with E-state index in [4.69, 9.17) is 0 Å². The van der Waals surface area contributed by atoms with E-state index in [0.717, 1.165) is 35.2 Å². The van der Waals surface area contributed by atoms with Gasteiger partial charge in [0.05, 0.1) is 5.56 Å². The normalized spacial score (nSPS) is 18.9. The molecule has 1 N–H and O–H groups in total. The van der Waals surface area contributed by atoms with Crippen LogP contribution in [-0.4, -0.2) is 36.5 Å². The largest absolute Gasteiger partial charge is 0.337 e. The van der Waals surface area contributed by atoms with Gasteiger partial charge in [0.25, 0.3) is 5.91 Å². The van der Waals surface area contributed by atoms with E-state index in [0.29, 0.717) is 6.04 Å². The van der Waals surface area contributed by atoms with Crippen molar-refractivity contribution in [2.24, 2.45) is 0 Å². The van der Waals surface area contributed by atoms with E-state index in [2.05, 4.69) is 21.2 Å². The van der Waals surface area contributed by atoms with Gasteiger partial charge in [-0.3, -0.25) is 4.79 Å². The summed E-state index contributed by atoms with van der Waals surface area (Å²) in [6.45, 7) is 6.68. The zero-order valence-corrected chi connectivity index (χ0v) is 13.9. The Morgan fingerprint density at radius 1 is 1.45 bits per heavy atom. The topological polar surface area (TPSA) is 32.3 Å². The molecule has 1 unspecified atom stereocenters. The molecule has 4 heteroatoms. The van der Waals surface area contributed by atoms with Crippen molar-refractivity contribution < 1.29 is 4.79 Å². The van der Waals surface area contributed by atoms with Gasteiger partial charge in [-0.05, 0) is 60.8 Å². The number of hydrogen-bond acceptors (Lipinski definition) is 2. The lowest BCUT2D eigenvalue weighted by Crippen LogP contribution is -2.45. The molecular weight excluding hydrogens is 316 g/mol. The summed E-state index contributed by atoms with van der Waals surface area (Å²) in [5.74, 6) is 0.121. The Labute approximate surface area is 129 Å². The summed E-state index contributed by atoms with van der Waals surface area (Å²) in [5.41, 5.74) is 1.87. The smallest absolute Gasteiger partial charge is 0.255 e. The Hall–Kier alpha value is -0.870. The van der Waals surface area contributed by atoms with Gasteiger partial charge in [0.1, 0.15) is 0 Å². The Morgan fingerprint density at radius 3 is 2.90 bits per heavy atom. The molecular formula is C16H23BrN2O. The lowest BCUT2D eigenvalue weighted by molar-refractivity contribution is 0.0740. The van der Waals surface area contributed by atoms with Gasteiger partial charge in [0.2, 0.25) is 0 Å². The molecule has 0 spiro atoms. The zero-order chi connectivity index (χ0) is 14.5. The predicted octanol–water partition coefficient (Wildman–Crippen LogP) is 3.36. The quantitative estimate of drug-likeness (QED) is 0.912. The number of hydrogen-bond donors (Lipinski definition) is 1. The SMILES string of the molecule is CCN(CC1CCCCN1)C(=O)c1cccc(C)c1Br. The second-order valence-corrected chi connectivity index (χ2v) is 6.22. The first kappa shape index (κ1) is 15.5. The number of nitrogens with one attached hydrogen (secondary N) is 1. The van der Waals surface area contributed by atoms with E-state index in [1.807, 2.05) is 36.9 Å². The minimum absolute atomic E-state index is 0.121. The molecule has 0 bridgehead atoms. The maximum Gasteiger partial charge on any atom is 0.255 e. The highest BCUT2D eigenvalue weighted by Crippen LogP contribution is 2.23. The zero-order valence-electron chi connectivity index (χ0n) is 12.3. The van der Waals surface area contributed by atoms with Crippen LogP contribution in [0.3, 0.4) is 0 Å². The maximum absolute atomic E-state index is 12.7. The molecule has 20 heavy (non-hydrogen) atoms. The fourth-order valence-corrected chi connectivity index (χ4v) is 3.12. The van der Waals surface area contributed by atoms with Crippen molar-refractivity contribution in [1.29, 1.82) is 0 Å². The highest BCUT2D eigenvalue weighted by Gasteiger charge is 2.22. The van der Waals surface area contributed by atoms with Crippen LogP contribution in [0, 0.1) is 6.92 Å². The molecule has 1 amide bonds. The molecule has 3 nitrogen and oxygen atoms in total. The highest BCUT2D eigenvalue weighted by molar-refractivity contribution is 9.10. The first-order valence-electron chi connectivity index (χ1n) is 7.41. The number of halogens is 1. The van der Waals surface area contributed by atoms with E-state index in [1.165, 1.54) is 19.3 Å². The van der Waals surface area contributed by atoms with Crippen molar-refractivity contribution in [3.8, 4) is 0 Å². The molecule has 0 saturated carbocycles. The number of rotatable bonds is 4. The van der Waals surface area contributed by atoms with Crippen molar-refractivity contribution in [3.05, 3.63) is 33.8 Å². The van der Waals surface area contributed by atoms with Crippen molar-refractivity contribution in [2.45, 2.75) is 39.2 Å². The fraction of sp³-hybridized carbons (Fsp3) is 0.562. The van der Waals surface area contributed by atoms with Gasteiger partial charge in [0, 0.05) is 23.6 Å². The molecule has 0 aliphatic carbocycles. The molecule has 110 valence electrons. The Bertz CT molecular complexity index is 470. The highest BCUT2D eigenvalue weighted by atomic mass is 79.9. The van der Waals surface area contributed by atoms with E-state index in [-0.39, 0.29) is 5.91 Å². The van der Waals surface area contributed by atoms with Crippen molar-refractivity contribution in [2.75, 3.05) is 19.6 Å². The Balaban J connectivity index is 2.10.